The van der Waals surface area contributed by atoms with E-state index in [2.05, 4.69) is 35.5 Å². The second kappa shape index (κ2) is 4.55. The SMILES string of the molecule is Cc1nnc(C(C)CCN)n1C(C)C. The molecule has 0 aliphatic carbocycles. The minimum atomic E-state index is 0.392. The topological polar surface area (TPSA) is 56.7 Å². The molecule has 2 N–H and O–H groups in total. The Kier molecular flexibility index (Phi) is 3.63. The van der Waals surface area contributed by atoms with Crippen molar-refractivity contribution in [3.8, 4) is 0 Å². The third kappa shape index (κ3) is 2.12. The number of aromatic nitrogens is 3. The van der Waals surface area contributed by atoms with Gasteiger partial charge in [-0.3, -0.25) is 0 Å². The van der Waals surface area contributed by atoms with Gasteiger partial charge in [-0.2, -0.15) is 0 Å². The number of nitrogens with zero attached hydrogens (tertiary/aromatic N) is 3. The van der Waals surface area contributed by atoms with Crippen LogP contribution in [-0.2, 0) is 0 Å². The molecule has 4 heteroatoms. The van der Waals surface area contributed by atoms with Crippen molar-refractivity contribution in [3.63, 3.8) is 0 Å². The summed E-state index contributed by atoms with van der Waals surface area (Å²) in [6.07, 6.45) is 0.963. The van der Waals surface area contributed by atoms with E-state index in [1.165, 1.54) is 0 Å². The monoisotopic (exact) mass is 196 g/mol. The van der Waals surface area contributed by atoms with Gasteiger partial charge in [0.2, 0.25) is 0 Å². The van der Waals surface area contributed by atoms with Crippen LogP contribution in [0.5, 0.6) is 0 Å². The molecule has 0 saturated heterocycles. The van der Waals surface area contributed by atoms with E-state index in [1.807, 2.05) is 6.92 Å². The first kappa shape index (κ1) is 11.2. The van der Waals surface area contributed by atoms with E-state index in [-0.39, 0.29) is 0 Å². The first-order chi connectivity index (χ1) is 6.57. The van der Waals surface area contributed by atoms with Crippen LogP contribution >= 0.6 is 0 Å². The minimum absolute atomic E-state index is 0.392. The van der Waals surface area contributed by atoms with Gasteiger partial charge in [0.25, 0.3) is 0 Å². The summed E-state index contributed by atoms with van der Waals surface area (Å²) in [5.41, 5.74) is 5.54. The maximum Gasteiger partial charge on any atom is 0.136 e. The smallest absolute Gasteiger partial charge is 0.136 e. The maximum atomic E-state index is 5.54. The number of hydrogen-bond acceptors (Lipinski definition) is 3. The van der Waals surface area contributed by atoms with Crippen LogP contribution in [0.1, 0.15) is 50.8 Å². The summed E-state index contributed by atoms with van der Waals surface area (Å²) in [6.45, 7) is 9.14. The zero-order valence-corrected chi connectivity index (χ0v) is 9.49. The third-order valence-electron chi connectivity index (χ3n) is 2.45. The van der Waals surface area contributed by atoms with Crippen LogP contribution in [0, 0.1) is 6.92 Å². The average molecular weight is 196 g/mol. The fraction of sp³-hybridized carbons (Fsp3) is 0.800. The maximum absolute atomic E-state index is 5.54. The lowest BCUT2D eigenvalue weighted by Crippen LogP contribution is -2.13. The molecular weight excluding hydrogens is 176 g/mol. The number of nitrogens with two attached hydrogens (primary N) is 1. The van der Waals surface area contributed by atoms with Gasteiger partial charge in [0, 0.05) is 12.0 Å². The van der Waals surface area contributed by atoms with Crippen molar-refractivity contribution in [1.29, 1.82) is 0 Å². The molecule has 0 spiro atoms. The van der Waals surface area contributed by atoms with Crippen LogP contribution in [0.25, 0.3) is 0 Å². The molecule has 4 nitrogen and oxygen atoms in total. The summed E-state index contributed by atoms with van der Waals surface area (Å²) < 4.78 is 2.18. The van der Waals surface area contributed by atoms with Gasteiger partial charge in [-0.25, -0.2) is 0 Å². The molecule has 80 valence electrons. The van der Waals surface area contributed by atoms with Crippen LogP contribution in [-0.4, -0.2) is 21.3 Å². The van der Waals surface area contributed by atoms with E-state index < -0.39 is 0 Å². The van der Waals surface area contributed by atoms with Crippen LogP contribution in [0.15, 0.2) is 0 Å². The first-order valence-corrected chi connectivity index (χ1v) is 5.19. The van der Waals surface area contributed by atoms with Crippen molar-refractivity contribution >= 4 is 0 Å². The van der Waals surface area contributed by atoms with Gasteiger partial charge in [-0.05, 0) is 33.7 Å². The van der Waals surface area contributed by atoms with Crippen molar-refractivity contribution in [3.05, 3.63) is 11.6 Å². The largest absolute Gasteiger partial charge is 0.330 e. The second-order valence-corrected chi connectivity index (χ2v) is 4.05. The molecular formula is C10H20N4. The van der Waals surface area contributed by atoms with Gasteiger partial charge in [-0.15, -0.1) is 10.2 Å². The molecule has 0 aliphatic rings. The van der Waals surface area contributed by atoms with Crippen molar-refractivity contribution in [2.24, 2.45) is 5.73 Å². The predicted molar refractivity (Wildman–Crippen MR) is 57.2 cm³/mol. The lowest BCUT2D eigenvalue weighted by atomic mass is 10.1. The molecule has 1 aromatic rings. The highest BCUT2D eigenvalue weighted by atomic mass is 15.3. The van der Waals surface area contributed by atoms with Gasteiger partial charge in [0.1, 0.15) is 11.6 Å². The van der Waals surface area contributed by atoms with Crippen LogP contribution in [0.4, 0.5) is 0 Å². The quantitative estimate of drug-likeness (QED) is 0.796. The van der Waals surface area contributed by atoms with Gasteiger partial charge >= 0.3 is 0 Å². The van der Waals surface area contributed by atoms with Crippen LogP contribution in [0.3, 0.4) is 0 Å². The van der Waals surface area contributed by atoms with Crippen molar-refractivity contribution in [2.45, 2.75) is 46.1 Å². The van der Waals surface area contributed by atoms with Gasteiger partial charge in [0.15, 0.2) is 0 Å². The molecule has 1 atom stereocenters. The summed E-state index contributed by atoms with van der Waals surface area (Å²) >= 11 is 0. The van der Waals surface area contributed by atoms with Gasteiger partial charge in [0.05, 0.1) is 0 Å². The molecule has 0 aromatic carbocycles. The van der Waals surface area contributed by atoms with Gasteiger partial charge < -0.3 is 10.3 Å². The Balaban J connectivity index is 2.96. The second-order valence-electron chi connectivity index (χ2n) is 4.05. The summed E-state index contributed by atoms with van der Waals surface area (Å²) in [5.74, 6) is 2.44. The first-order valence-electron chi connectivity index (χ1n) is 5.19. The third-order valence-corrected chi connectivity index (χ3v) is 2.45. The Labute approximate surface area is 85.5 Å². The highest BCUT2D eigenvalue weighted by Crippen LogP contribution is 2.20. The Hall–Kier alpha value is -0.900. The molecule has 0 radical (unpaired) electrons. The van der Waals surface area contributed by atoms with E-state index >= 15 is 0 Å². The minimum Gasteiger partial charge on any atom is -0.330 e. The lowest BCUT2D eigenvalue weighted by Gasteiger charge is -2.16. The molecule has 1 rings (SSSR count). The molecule has 0 bridgehead atoms. The Morgan fingerprint density at radius 3 is 2.43 bits per heavy atom. The van der Waals surface area contributed by atoms with Crippen molar-refractivity contribution < 1.29 is 0 Å². The van der Waals surface area contributed by atoms with Gasteiger partial charge in [-0.1, -0.05) is 6.92 Å². The molecule has 14 heavy (non-hydrogen) atoms. The fourth-order valence-corrected chi connectivity index (χ4v) is 1.74. The molecule has 0 aliphatic heterocycles. The van der Waals surface area contributed by atoms with E-state index in [4.69, 9.17) is 5.73 Å². The van der Waals surface area contributed by atoms with Crippen LogP contribution < -0.4 is 5.73 Å². The molecule has 1 heterocycles. The van der Waals surface area contributed by atoms with E-state index in [1.54, 1.807) is 0 Å². The van der Waals surface area contributed by atoms with Crippen molar-refractivity contribution in [1.82, 2.24) is 14.8 Å². The molecule has 0 saturated carbocycles. The van der Waals surface area contributed by atoms with E-state index in [0.717, 1.165) is 18.1 Å². The number of hydrogen-bond donors (Lipinski definition) is 1. The average Bonchev–Trinajstić information content (AvgIpc) is 2.47. The number of rotatable bonds is 4. The summed E-state index contributed by atoms with van der Waals surface area (Å²) in [4.78, 5) is 0. The van der Waals surface area contributed by atoms with E-state index in [9.17, 15) is 0 Å². The normalized spacial score (nSPS) is 13.6. The zero-order chi connectivity index (χ0) is 10.7. The highest BCUT2D eigenvalue weighted by molar-refractivity contribution is 5.01. The Bertz CT molecular complexity index is 290. The molecule has 0 amide bonds. The van der Waals surface area contributed by atoms with Crippen molar-refractivity contribution in [2.75, 3.05) is 6.54 Å². The molecule has 0 fully saturated rings. The highest BCUT2D eigenvalue weighted by Gasteiger charge is 2.16. The number of aryl methyl sites for hydroxylation is 1. The molecule has 1 unspecified atom stereocenters. The summed E-state index contributed by atoms with van der Waals surface area (Å²) in [7, 11) is 0. The predicted octanol–water partition coefficient (Wildman–Crippen LogP) is 1.62. The Morgan fingerprint density at radius 2 is 1.93 bits per heavy atom. The zero-order valence-electron chi connectivity index (χ0n) is 9.49. The summed E-state index contributed by atoms with van der Waals surface area (Å²) in [6, 6.07) is 0.417. The summed E-state index contributed by atoms with van der Waals surface area (Å²) in [5, 5.41) is 8.33. The standard InChI is InChI=1S/C10H20N4/c1-7(2)14-9(4)12-13-10(14)8(3)5-6-11/h7-8H,5-6,11H2,1-4H3. The van der Waals surface area contributed by atoms with Crippen LogP contribution in [0.2, 0.25) is 0 Å². The Morgan fingerprint density at radius 1 is 1.29 bits per heavy atom. The lowest BCUT2D eigenvalue weighted by molar-refractivity contribution is 0.517. The van der Waals surface area contributed by atoms with E-state index in [0.29, 0.717) is 18.5 Å². The molecule has 1 aromatic heterocycles. The fourth-order valence-electron chi connectivity index (χ4n) is 1.74.